The number of benzene rings is 1. The number of fused-ring (bicyclic) bond motifs is 1. The maximum absolute atomic E-state index is 12.1. The van der Waals surface area contributed by atoms with E-state index in [4.69, 9.17) is 17.3 Å². The van der Waals surface area contributed by atoms with Crippen LogP contribution < -0.4 is 11.1 Å². The molecule has 2 heterocycles. The Morgan fingerprint density at radius 3 is 2.79 bits per heavy atom. The van der Waals surface area contributed by atoms with Crippen molar-refractivity contribution >= 4 is 61.0 Å². The Morgan fingerprint density at radius 1 is 1.21 bits per heavy atom. The third-order valence-electron chi connectivity index (χ3n) is 2.62. The zero-order chi connectivity index (χ0) is 13.4. The Kier molecular flexibility index (Phi) is 3.18. The number of hydrogen-bond donors (Lipinski definition) is 2. The first-order chi connectivity index (χ1) is 9.13. The van der Waals surface area contributed by atoms with Gasteiger partial charge in [0.15, 0.2) is 0 Å². The number of nitrogen functional groups attached to an aromatic ring is 1. The first-order valence-corrected chi connectivity index (χ1v) is 7.54. The van der Waals surface area contributed by atoms with Gasteiger partial charge in [-0.05, 0) is 35.7 Å². The molecular formula is C13H9ClN2OS2. The molecule has 0 atom stereocenters. The van der Waals surface area contributed by atoms with Crippen LogP contribution in [-0.2, 0) is 0 Å². The van der Waals surface area contributed by atoms with E-state index in [2.05, 4.69) is 5.32 Å². The van der Waals surface area contributed by atoms with Gasteiger partial charge in [-0.1, -0.05) is 11.6 Å². The highest BCUT2D eigenvalue weighted by atomic mass is 35.5. The van der Waals surface area contributed by atoms with Crippen molar-refractivity contribution in [3.63, 3.8) is 0 Å². The summed E-state index contributed by atoms with van der Waals surface area (Å²) in [5.41, 5.74) is 6.79. The second kappa shape index (κ2) is 4.85. The molecule has 3 nitrogen and oxygen atoms in total. The lowest BCUT2D eigenvalue weighted by atomic mass is 10.2. The first kappa shape index (κ1) is 12.5. The van der Waals surface area contributed by atoms with E-state index >= 15 is 0 Å². The van der Waals surface area contributed by atoms with Crippen molar-refractivity contribution < 1.29 is 4.79 Å². The highest BCUT2D eigenvalue weighted by Crippen LogP contribution is 2.30. The topological polar surface area (TPSA) is 55.1 Å². The van der Waals surface area contributed by atoms with Crippen molar-refractivity contribution in [2.45, 2.75) is 0 Å². The Hall–Kier alpha value is -1.56. The Morgan fingerprint density at radius 2 is 2.05 bits per heavy atom. The van der Waals surface area contributed by atoms with Gasteiger partial charge in [-0.2, -0.15) is 0 Å². The number of carbonyl (C=O) groups excluding carboxylic acids is 1. The lowest BCUT2D eigenvalue weighted by molar-refractivity contribution is 0.103. The molecule has 0 saturated heterocycles. The van der Waals surface area contributed by atoms with Crippen molar-refractivity contribution in [2.24, 2.45) is 0 Å². The predicted molar refractivity (Wildman–Crippen MR) is 83.5 cm³/mol. The molecule has 6 heteroatoms. The van der Waals surface area contributed by atoms with Crippen LogP contribution in [0.3, 0.4) is 0 Å². The van der Waals surface area contributed by atoms with Crippen molar-refractivity contribution in [3.8, 4) is 0 Å². The third kappa shape index (κ3) is 2.45. The lowest BCUT2D eigenvalue weighted by Gasteiger charge is -2.05. The number of hydrogen-bond acceptors (Lipinski definition) is 4. The summed E-state index contributed by atoms with van der Waals surface area (Å²) in [6.07, 6.45) is 0. The van der Waals surface area contributed by atoms with Crippen LogP contribution in [0.5, 0.6) is 0 Å². The predicted octanol–water partition coefficient (Wildman–Crippen LogP) is 4.45. The van der Waals surface area contributed by atoms with Crippen LogP contribution in [0.1, 0.15) is 9.67 Å². The fourth-order valence-corrected chi connectivity index (χ4v) is 3.81. The van der Waals surface area contributed by atoms with E-state index in [1.54, 1.807) is 29.5 Å². The summed E-state index contributed by atoms with van der Waals surface area (Å²) >= 11 is 8.95. The highest BCUT2D eigenvalue weighted by molar-refractivity contribution is 7.27. The van der Waals surface area contributed by atoms with E-state index in [1.807, 2.05) is 17.5 Å². The molecule has 0 aliphatic rings. The monoisotopic (exact) mass is 308 g/mol. The molecule has 3 rings (SSSR count). The molecule has 1 amide bonds. The fourth-order valence-electron chi connectivity index (χ4n) is 1.69. The van der Waals surface area contributed by atoms with Gasteiger partial charge in [-0.15, -0.1) is 22.7 Å². The highest BCUT2D eigenvalue weighted by Gasteiger charge is 2.11. The van der Waals surface area contributed by atoms with Gasteiger partial charge in [0.1, 0.15) is 0 Å². The normalized spacial score (nSPS) is 10.8. The fraction of sp³-hybridized carbons (Fsp3) is 0. The number of nitrogens with one attached hydrogen (secondary N) is 1. The molecule has 96 valence electrons. The van der Waals surface area contributed by atoms with Crippen LogP contribution in [0.25, 0.3) is 9.40 Å². The number of anilines is 2. The number of nitrogens with two attached hydrogens (primary N) is 1. The van der Waals surface area contributed by atoms with Gasteiger partial charge in [-0.3, -0.25) is 4.79 Å². The molecule has 3 aromatic rings. The van der Waals surface area contributed by atoms with Gasteiger partial charge < -0.3 is 11.1 Å². The molecule has 19 heavy (non-hydrogen) atoms. The molecule has 0 aliphatic carbocycles. The third-order valence-corrected chi connectivity index (χ3v) is 5.05. The minimum absolute atomic E-state index is 0.130. The summed E-state index contributed by atoms with van der Waals surface area (Å²) < 4.78 is 2.26. The maximum atomic E-state index is 12.1. The van der Waals surface area contributed by atoms with Gasteiger partial charge in [0, 0.05) is 15.1 Å². The average molecular weight is 309 g/mol. The van der Waals surface area contributed by atoms with Gasteiger partial charge >= 0.3 is 0 Å². The van der Waals surface area contributed by atoms with E-state index in [0.717, 1.165) is 9.40 Å². The van der Waals surface area contributed by atoms with Crippen molar-refractivity contribution in [1.29, 1.82) is 0 Å². The molecular weight excluding hydrogens is 300 g/mol. The Bertz CT molecular complexity index is 734. The summed E-state index contributed by atoms with van der Waals surface area (Å²) in [6, 6.07) is 8.96. The standard InChI is InChI=1S/C13H9ClN2OS2/c14-8-2-1-7(5-9(8)15)16-13(17)12-6-11-10(19-12)3-4-18-11/h1-6H,15H2,(H,16,17). The van der Waals surface area contributed by atoms with Gasteiger partial charge in [-0.25, -0.2) is 0 Å². The number of rotatable bonds is 2. The van der Waals surface area contributed by atoms with E-state index in [-0.39, 0.29) is 5.91 Å². The molecule has 3 N–H and O–H groups in total. The molecule has 0 unspecified atom stereocenters. The minimum atomic E-state index is -0.130. The zero-order valence-corrected chi connectivity index (χ0v) is 12.0. The summed E-state index contributed by atoms with van der Waals surface area (Å²) in [7, 11) is 0. The average Bonchev–Trinajstić information content (AvgIpc) is 2.94. The SMILES string of the molecule is Nc1cc(NC(=O)c2cc3sccc3s2)ccc1Cl. The van der Waals surface area contributed by atoms with Gasteiger partial charge in [0.2, 0.25) is 0 Å². The molecule has 0 aliphatic heterocycles. The van der Waals surface area contributed by atoms with Crippen LogP contribution in [0.4, 0.5) is 11.4 Å². The number of amides is 1. The Balaban J connectivity index is 1.84. The van der Waals surface area contributed by atoms with Crippen LogP contribution >= 0.6 is 34.3 Å². The van der Waals surface area contributed by atoms with Gasteiger partial charge in [0.25, 0.3) is 5.91 Å². The second-order valence-corrected chi connectivity index (χ2v) is 6.39. The number of halogens is 1. The smallest absolute Gasteiger partial charge is 0.265 e. The van der Waals surface area contributed by atoms with Crippen molar-refractivity contribution in [2.75, 3.05) is 11.1 Å². The summed E-state index contributed by atoms with van der Waals surface area (Å²) in [5.74, 6) is -0.130. The summed E-state index contributed by atoms with van der Waals surface area (Å²) in [5, 5.41) is 5.31. The maximum Gasteiger partial charge on any atom is 0.265 e. The molecule has 0 bridgehead atoms. The van der Waals surface area contributed by atoms with Crippen LogP contribution in [0.2, 0.25) is 5.02 Å². The van der Waals surface area contributed by atoms with Crippen LogP contribution in [0, 0.1) is 0 Å². The van der Waals surface area contributed by atoms with E-state index < -0.39 is 0 Å². The Labute approximate surface area is 122 Å². The summed E-state index contributed by atoms with van der Waals surface area (Å²) in [4.78, 5) is 12.8. The lowest BCUT2D eigenvalue weighted by Crippen LogP contribution is -2.10. The molecule has 2 aromatic heterocycles. The molecule has 0 radical (unpaired) electrons. The van der Waals surface area contributed by atoms with E-state index in [1.165, 1.54) is 11.3 Å². The largest absolute Gasteiger partial charge is 0.397 e. The van der Waals surface area contributed by atoms with Crippen molar-refractivity contribution in [1.82, 2.24) is 0 Å². The quantitative estimate of drug-likeness (QED) is 0.687. The van der Waals surface area contributed by atoms with Crippen LogP contribution in [0.15, 0.2) is 35.7 Å². The number of thiophene rings is 2. The van der Waals surface area contributed by atoms with Crippen molar-refractivity contribution in [3.05, 3.63) is 45.6 Å². The molecule has 0 spiro atoms. The van der Waals surface area contributed by atoms with E-state index in [0.29, 0.717) is 21.3 Å². The first-order valence-electron chi connectivity index (χ1n) is 5.47. The summed E-state index contributed by atoms with van der Waals surface area (Å²) in [6.45, 7) is 0. The van der Waals surface area contributed by atoms with Crippen LogP contribution in [-0.4, -0.2) is 5.91 Å². The second-order valence-electron chi connectivity index (χ2n) is 3.95. The molecule has 0 fully saturated rings. The van der Waals surface area contributed by atoms with Gasteiger partial charge in [0.05, 0.1) is 15.6 Å². The number of carbonyl (C=O) groups is 1. The zero-order valence-electron chi connectivity index (χ0n) is 9.64. The molecule has 1 aromatic carbocycles. The van der Waals surface area contributed by atoms with E-state index in [9.17, 15) is 4.79 Å². The minimum Gasteiger partial charge on any atom is -0.397 e. The molecule has 0 saturated carbocycles.